The number of aliphatic hydroxyl groups excluding tert-OH is 6. The molecule has 4 rings (SSSR count). The lowest BCUT2D eigenvalue weighted by atomic mass is 9.53. The van der Waals surface area contributed by atoms with E-state index in [0.717, 1.165) is 36.0 Å². The van der Waals surface area contributed by atoms with Crippen LogP contribution in [0.25, 0.3) is 0 Å². The number of carbonyl (C=O) groups is 1. The van der Waals surface area contributed by atoms with Crippen molar-refractivity contribution < 1.29 is 59.5 Å². The second-order valence-electron chi connectivity index (χ2n) is 17.2. The summed E-state index contributed by atoms with van der Waals surface area (Å²) in [6.45, 7) is 18.7. The first-order valence-electron chi connectivity index (χ1n) is 19.7. The largest absolute Gasteiger partial charge is 0.388 e. The summed E-state index contributed by atoms with van der Waals surface area (Å²) >= 11 is 0. The van der Waals surface area contributed by atoms with E-state index in [-0.39, 0.29) is 24.0 Å². The Labute approximate surface area is 321 Å². The van der Waals surface area contributed by atoms with Gasteiger partial charge >= 0.3 is 0 Å². The van der Waals surface area contributed by atoms with Gasteiger partial charge in [0, 0.05) is 5.41 Å². The number of ketones is 1. The minimum Gasteiger partial charge on any atom is -0.388 e. The molecule has 0 bridgehead atoms. The Morgan fingerprint density at radius 2 is 1.41 bits per heavy atom. The summed E-state index contributed by atoms with van der Waals surface area (Å²) in [6.07, 6.45) is -3.42. The topological polar surface area (TPSA) is 196 Å². The maximum absolute atomic E-state index is 14.4. The van der Waals surface area contributed by atoms with E-state index in [1.807, 2.05) is 73.6 Å². The number of hydrogen-bond donors (Lipinski definition) is 7. The van der Waals surface area contributed by atoms with Crippen LogP contribution in [0.4, 0.5) is 0 Å². The first kappa shape index (κ1) is 44.9. The minimum absolute atomic E-state index is 0.00697. The van der Waals surface area contributed by atoms with Crippen LogP contribution in [-0.4, -0.2) is 121 Å². The summed E-state index contributed by atoms with van der Waals surface area (Å²) in [6, 6.07) is 0. The maximum Gasteiger partial charge on any atom is 0.187 e. The van der Waals surface area contributed by atoms with E-state index in [2.05, 4.69) is 0 Å². The van der Waals surface area contributed by atoms with Crippen LogP contribution in [-0.2, 0) is 23.7 Å². The van der Waals surface area contributed by atoms with Gasteiger partial charge in [0.05, 0.1) is 35.9 Å². The molecule has 0 spiro atoms. The number of carbonyl (C=O) groups excluding carboxylic acids is 1. The molecular formula is C42H68O12. The normalized spacial score (nSPS) is 43.0. The lowest BCUT2D eigenvalue weighted by Gasteiger charge is -2.52. The molecular weight excluding hydrogens is 696 g/mol. The van der Waals surface area contributed by atoms with Crippen molar-refractivity contribution in [2.24, 2.45) is 23.2 Å². The molecule has 12 heteroatoms. The standard InChI is InChI=1S/C42H68O12/c1-21(2)13-15-30(43)24(6)20-29-38(49)41(10)18-11-12-28(41)25(7)42(29,50)19-17-23(5)31(16-14-22(3)4)53-39-36(48)34(46)37(27(9)52-39)54-40-35(47)33(45)32(44)26(8)51-40/h13-14,17,20,25-37,39-40,43-48,50H,11-12,15-16,18-19H2,1-10H3. The molecule has 0 radical (unpaired) electrons. The predicted molar refractivity (Wildman–Crippen MR) is 203 cm³/mol. The molecule has 17 atom stereocenters. The van der Waals surface area contributed by atoms with E-state index in [9.17, 15) is 40.5 Å². The van der Waals surface area contributed by atoms with Crippen molar-refractivity contribution in [3.8, 4) is 0 Å². The lowest BCUT2D eigenvalue weighted by molar-refractivity contribution is -0.354. The highest BCUT2D eigenvalue weighted by Crippen LogP contribution is 2.58. The molecule has 2 saturated heterocycles. The molecule has 12 nitrogen and oxygen atoms in total. The first-order valence-corrected chi connectivity index (χ1v) is 19.7. The Morgan fingerprint density at radius 1 is 0.815 bits per heavy atom. The second-order valence-corrected chi connectivity index (χ2v) is 17.2. The molecule has 0 aromatic carbocycles. The molecule has 4 fully saturated rings. The summed E-state index contributed by atoms with van der Waals surface area (Å²) in [5.74, 6) is -1.02. The third kappa shape index (κ3) is 9.48. The molecule has 0 amide bonds. The van der Waals surface area contributed by atoms with Gasteiger partial charge < -0.3 is 54.7 Å². The van der Waals surface area contributed by atoms with Crippen LogP contribution in [0.1, 0.15) is 108 Å². The summed E-state index contributed by atoms with van der Waals surface area (Å²) in [5.41, 5.74) is 1.51. The van der Waals surface area contributed by atoms with Gasteiger partial charge in [0.1, 0.15) is 42.4 Å². The number of hydrogen-bond acceptors (Lipinski definition) is 12. The Bertz CT molecular complexity index is 1420. The minimum atomic E-state index is -1.60. The number of ether oxygens (including phenoxy) is 4. The Kier molecular flexibility index (Phi) is 15.1. The molecule has 308 valence electrons. The molecule has 0 aromatic heterocycles. The van der Waals surface area contributed by atoms with E-state index >= 15 is 0 Å². The third-order valence-electron chi connectivity index (χ3n) is 12.7. The average Bonchev–Trinajstić information content (AvgIpc) is 3.52. The predicted octanol–water partition coefficient (Wildman–Crippen LogP) is 3.78. The zero-order valence-electron chi connectivity index (χ0n) is 33.9. The zero-order chi connectivity index (χ0) is 40.4. The quantitative estimate of drug-likeness (QED) is 0.134. The van der Waals surface area contributed by atoms with Crippen molar-refractivity contribution >= 4 is 5.78 Å². The van der Waals surface area contributed by atoms with Crippen molar-refractivity contribution in [1.82, 2.24) is 0 Å². The third-order valence-corrected chi connectivity index (χ3v) is 12.7. The zero-order valence-corrected chi connectivity index (χ0v) is 33.9. The van der Waals surface area contributed by atoms with Gasteiger partial charge in [-0.3, -0.25) is 4.79 Å². The van der Waals surface area contributed by atoms with Gasteiger partial charge in [0.2, 0.25) is 0 Å². The van der Waals surface area contributed by atoms with Crippen LogP contribution in [0.15, 0.2) is 46.6 Å². The van der Waals surface area contributed by atoms with Gasteiger partial charge in [-0.2, -0.15) is 0 Å². The number of aliphatic hydroxyl groups is 7. The van der Waals surface area contributed by atoms with Crippen LogP contribution < -0.4 is 0 Å². The highest BCUT2D eigenvalue weighted by atomic mass is 16.7. The van der Waals surface area contributed by atoms with Crippen molar-refractivity contribution in [3.63, 3.8) is 0 Å². The summed E-state index contributed by atoms with van der Waals surface area (Å²) in [5, 5.41) is 76.9. The van der Waals surface area contributed by atoms with Crippen molar-refractivity contribution in [1.29, 1.82) is 0 Å². The smallest absolute Gasteiger partial charge is 0.187 e. The van der Waals surface area contributed by atoms with Gasteiger partial charge in [-0.15, -0.1) is 0 Å². The monoisotopic (exact) mass is 764 g/mol. The van der Waals surface area contributed by atoms with Crippen LogP contribution >= 0.6 is 0 Å². The SMILES string of the molecule is CC(C)=CCC(O)C(C)=CC1C(=O)C2(C)CCCC2C(C)C1(O)CC=C(C)C(CC=C(C)C)OC1OC(C)C(OC2OC(C)C(O)C(O)C2O)C(O)C1O. The summed E-state index contributed by atoms with van der Waals surface area (Å²) < 4.78 is 23.8. The Balaban J connectivity index is 1.58. The summed E-state index contributed by atoms with van der Waals surface area (Å²) in [7, 11) is 0. The molecule has 7 N–H and O–H groups in total. The maximum atomic E-state index is 14.4. The number of allylic oxidation sites excluding steroid dienone is 2. The van der Waals surface area contributed by atoms with Gasteiger partial charge in [-0.25, -0.2) is 0 Å². The molecule has 2 heterocycles. The summed E-state index contributed by atoms with van der Waals surface area (Å²) in [4.78, 5) is 14.4. The van der Waals surface area contributed by atoms with E-state index in [0.29, 0.717) is 18.4 Å². The van der Waals surface area contributed by atoms with Crippen LogP contribution in [0.2, 0.25) is 0 Å². The van der Waals surface area contributed by atoms with Crippen molar-refractivity contribution in [2.75, 3.05) is 0 Å². The van der Waals surface area contributed by atoms with Gasteiger partial charge in [-0.05, 0) is 110 Å². The van der Waals surface area contributed by atoms with Crippen molar-refractivity contribution in [3.05, 3.63) is 46.6 Å². The van der Waals surface area contributed by atoms with Gasteiger partial charge in [0.25, 0.3) is 0 Å². The molecule has 17 unspecified atom stereocenters. The van der Waals surface area contributed by atoms with Crippen LogP contribution in [0.5, 0.6) is 0 Å². The molecule has 2 saturated carbocycles. The Hall–Kier alpha value is -1.81. The number of Topliss-reactive ketones (excluding diaryl/α,β-unsaturated/α-hetero) is 1. The highest BCUT2D eigenvalue weighted by molar-refractivity contribution is 5.91. The van der Waals surface area contributed by atoms with Crippen LogP contribution in [0.3, 0.4) is 0 Å². The van der Waals surface area contributed by atoms with E-state index in [1.165, 1.54) is 6.92 Å². The average molecular weight is 765 g/mol. The van der Waals surface area contributed by atoms with Gasteiger partial charge in [-0.1, -0.05) is 55.7 Å². The molecule has 4 aliphatic rings. The highest BCUT2D eigenvalue weighted by Gasteiger charge is 2.62. The first-order chi connectivity index (χ1) is 25.1. The number of rotatable bonds is 13. The van der Waals surface area contributed by atoms with Crippen molar-refractivity contribution in [2.45, 2.75) is 187 Å². The van der Waals surface area contributed by atoms with E-state index < -0.39 is 90.6 Å². The fraction of sp³-hybridized carbons (Fsp3) is 0.786. The molecule has 2 aliphatic carbocycles. The van der Waals surface area contributed by atoms with E-state index in [1.54, 1.807) is 13.0 Å². The van der Waals surface area contributed by atoms with E-state index in [4.69, 9.17) is 18.9 Å². The Morgan fingerprint density at radius 3 is 2.04 bits per heavy atom. The molecule has 2 aliphatic heterocycles. The fourth-order valence-electron chi connectivity index (χ4n) is 8.85. The number of fused-ring (bicyclic) bond motifs is 1. The molecule has 54 heavy (non-hydrogen) atoms. The van der Waals surface area contributed by atoms with Crippen LogP contribution in [0, 0.1) is 23.2 Å². The molecule has 0 aromatic rings. The fourth-order valence-corrected chi connectivity index (χ4v) is 8.85. The second kappa shape index (κ2) is 18.2. The lowest BCUT2D eigenvalue weighted by Crippen LogP contribution is -2.63. The van der Waals surface area contributed by atoms with Gasteiger partial charge in [0.15, 0.2) is 12.6 Å².